The van der Waals surface area contributed by atoms with E-state index in [1.165, 1.54) is 18.2 Å². The molecular weight excluding hydrogens is 369 g/mol. The Morgan fingerprint density at radius 2 is 1.50 bits per heavy atom. The van der Waals surface area contributed by atoms with Gasteiger partial charge in [0.2, 0.25) is 0 Å². The van der Waals surface area contributed by atoms with E-state index in [4.69, 9.17) is 0 Å². The number of para-hydroxylation sites is 2. The van der Waals surface area contributed by atoms with Gasteiger partial charge in [-0.1, -0.05) is 66.7 Å². The Hall–Kier alpha value is -3.48. The summed E-state index contributed by atoms with van der Waals surface area (Å²) >= 11 is 0. The van der Waals surface area contributed by atoms with Crippen molar-refractivity contribution in [1.29, 1.82) is 0 Å². The molecule has 0 bridgehead atoms. The third-order valence-electron chi connectivity index (χ3n) is 3.90. The molecule has 0 aliphatic rings. The minimum absolute atomic E-state index is 0.119. The molecule has 28 heavy (non-hydrogen) atoms. The molecule has 0 fully saturated rings. The van der Waals surface area contributed by atoms with Crippen molar-refractivity contribution < 1.29 is 22.7 Å². The number of rotatable bonds is 5. The number of anilines is 1. The Morgan fingerprint density at radius 3 is 2.25 bits per heavy atom. The molecular formula is C21H17F3N2O2. The first-order valence-electron chi connectivity index (χ1n) is 8.45. The van der Waals surface area contributed by atoms with Gasteiger partial charge < -0.3 is 15.4 Å². The molecule has 7 heteroatoms. The summed E-state index contributed by atoms with van der Waals surface area (Å²) < 4.78 is 41.5. The number of halogens is 3. The second kappa shape index (κ2) is 8.47. The zero-order valence-electron chi connectivity index (χ0n) is 14.7. The van der Waals surface area contributed by atoms with E-state index in [1.807, 2.05) is 42.5 Å². The number of carbonyl (C=O) groups excluding carboxylic acids is 1. The van der Waals surface area contributed by atoms with Gasteiger partial charge in [0.1, 0.15) is 5.75 Å². The maximum Gasteiger partial charge on any atom is 0.573 e. The van der Waals surface area contributed by atoms with Gasteiger partial charge in [0.05, 0.1) is 5.69 Å². The van der Waals surface area contributed by atoms with Crippen LogP contribution in [0, 0.1) is 0 Å². The average Bonchev–Trinajstić information content (AvgIpc) is 2.67. The monoisotopic (exact) mass is 386 g/mol. The molecule has 0 aliphatic carbocycles. The lowest BCUT2D eigenvalue weighted by atomic mass is 10.0. The quantitative estimate of drug-likeness (QED) is 0.602. The molecule has 0 saturated carbocycles. The highest BCUT2D eigenvalue weighted by atomic mass is 19.4. The van der Waals surface area contributed by atoms with Crippen molar-refractivity contribution in [2.75, 3.05) is 5.32 Å². The van der Waals surface area contributed by atoms with Crippen molar-refractivity contribution in [3.8, 4) is 16.9 Å². The van der Waals surface area contributed by atoms with Crippen LogP contribution in [0.3, 0.4) is 0 Å². The third-order valence-corrected chi connectivity index (χ3v) is 3.90. The fourth-order valence-corrected chi connectivity index (χ4v) is 2.68. The Bertz CT molecular complexity index is 944. The van der Waals surface area contributed by atoms with Crippen LogP contribution in [0.15, 0.2) is 78.9 Å². The van der Waals surface area contributed by atoms with Gasteiger partial charge in [0.15, 0.2) is 0 Å². The van der Waals surface area contributed by atoms with Gasteiger partial charge in [-0.3, -0.25) is 0 Å². The lowest BCUT2D eigenvalue weighted by Gasteiger charge is -2.15. The number of benzene rings is 3. The van der Waals surface area contributed by atoms with Crippen LogP contribution >= 0.6 is 0 Å². The molecule has 0 atom stereocenters. The topological polar surface area (TPSA) is 50.4 Å². The molecule has 3 aromatic rings. The van der Waals surface area contributed by atoms with Crippen molar-refractivity contribution in [2.24, 2.45) is 0 Å². The molecule has 0 aliphatic heterocycles. The molecule has 0 aromatic heterocycles. The summed E-state index contributed by atoms with van der Waals surface area (Å²) in [5, 5.41) is 5.29. The molecule has 144 valence electrons. The third kappa shape index (κ3) is 5.26. The molecule has 2 amide bonds. The molecule has 0 spiro atoms. The smallest absolute Gasteiger partial charge is 0.405 e. The maximum absolute atomic E-state index is 12.5. The van der Waals surface area contributed by atoms with E-state index in [1.54, 1.807) is 18.2 Å². The van der Waals surface area contributed by atoms with E-state index in [0.717, 1.165) is 11.1 Å². The largest absolute Gasteiger partial charge is 0.573 e. The number of alkyl halides is 3. The Balaban J connectivity index is 1.68. The number of hydrogen-bond donors (Lipinski definition) is 2. The maximum atomic E-state index is 12.5. The minimum Gasteiger partial charge on any atom is -0.405 e. The van der Waals surface area contributed by atoms with Crippen molar-refractivity contribution in [2.45, 2.75) is 12.9 Å². The normalized spacial score (nSPS) is 11.0. The predicted octanol–water partition coefficient (Wildman–Crippen LogP) is 5.57. The molecule has 4 nitrogen and oxygen atoms in total. The van der Waals surface area contributed by atoms with Gasteiger partial charge >= 0.3 is 12.4 Å². The van der Waals surface area contributed by atoms with E-state index in [0.29, 0.717) is 5.69 Å². The van der Waals surface area contributed by atoms with Crippen LogP contribution in [-0.4, -0.2) is 12.4 Å². The molecule has 0 unspecified atom stereocenters. The average molecular weight is 386 g/mol. The Labute approximate surface area is 160 Å². The highest BCUT2D eigenvalue weighted by Crippen LogP contribution is 2.28. The zero-order chi connectivity index (χ0) is 20.0. The number of urea groups is 1. The first-order valence-corrected chi connectivity index (χ1v) is 8.45. The molecule has 3 rings (SSSR count). The predicted molar refractivity (Wildman–Crippen MR) is 101 cm³/mol. The summed E-state index contributed by atoms with van der Waals surface area (Å²) in [5.41, 5.74) is 2.57. The van der Waals surface area contributed by atoms with Gasteiger partial charge in [0, 0.05) is 17.7 Å². The first kappa shape index (κ1) is 19.3. The van der Waals surface area contributed by atoms with Gasteiger partial charge in [-0.25, -0.2) is 4.79 Å². The van der Waals surface area contributed by atoms with Crippen molar-refractivity contribution in [1.82, 2.24) is 5.32 Å². The lowest BCUT2D eigenvalue weighted by molar-refractivity contribution is -0.274. The van der Waals surface area contributed by atoms with Crippen LogP contribution in [0.5, 0.6) is 5.75 Å². The number of nitrogens with one attached hydrogen (secondary N) is 2. The van der Waals surface area contributed by atoms with E-state index in [2.05, 4.69) is 15.4 Å². The van der Waals surface area contributed by atoms with E-state index >= 15 is 0 Å². The zero-order valence-corrected chi connectivity index (χ0v) is 14.7. The van der Waals surface area contributed by atoms with Crippen molar-refractivity contribution >= 4 is 11.7 Å². The van der Waals surface area contributed by atoms with Gasteiger partial charge in [-0.15, -0.1) is 13.2 Å². The summed E-state index contributed by atoms with van der Waals surface area (Å²) in [6.07, 6.45) is -4.80. The molecule has 2 N–H and O–H groups in total. The summed E-state index contributed by atoms with van der Waals surface area (Å²) in [5.74, 6) is -0.347. The van der Waals surface area contributed by atoms with Gasteiger partial charge in [-0.05, 0) is 17.7 Å². The number of hydrogen-bond acceptors (Lipinski definition) is 2. The minimum atomic E-state index is -4.80. The summed E-state index contributed by atoms with van der Waals surface area (Å²) in [4.78, 5) is 12.3. The van der Waals surface area contributed by atoms with Crippen molar-refractivity contribution in [3.05, 3.63) is 84.4 Å². The summed E-state index contributed by atoms with van der Waals surface area (Å²) in [6.45, 7) is -0.119. The number of ether oxygens (including phenoxy) is 1. The molecule has 3 aromatic carbocycles. The second-order valence-corrected chi connectivity index (χ2v) is 5.87. The fraction of sp³-hybridized carbons (Fsp3) is 0.0952. The van der Waals surface area contributed by atoms with Gasteiger partial charge in [-0.2, -0.15) is 0 Å². The molecule has 0 saturated heterocycles. The number of carbonyl (C=O) groups is 1. The van der Waals surface area contributed by atoms with Crippen LogP contribution in [0.4, 0.5) is 23.7 Å². The first-order chi connectivity index (χ1) is 13.4. The van der Waals surface area contributed by atoms with Gasteiger partial charge in [0.25, 0.3) is 0 Å². The van der Waals surface area contributed by atoms with Crippen LogP contribution in [-0.2, 0) is 6.54 Å². The summed E-state index contributed by atoms with van der Waals surface area (Å²) in [6, 6.07) is 21.9. The van der Waals surface area contributed by atoms with Crippen molar-refractivity contribution in [3.63, 3.8) is 0 Å². The Morgan fingerprint density at radius 1 is 0.857 bits per heavy atom. The Kier molecular flexibility index (Phi) is 5.84. The van der Waals surface area contributed by atoms with E-state index in [9.17, 15) is 18.0 Å². The van der Waals surface area contributed by atoms with Crippen LogP contribution in [0.1, 0.15) is 5.56 Å². The highest BCUT2D eigenvalue weighted by molar-refractivity contribution is 5.94. The second-order valence-electron chi connectivity index (χ2n) is 5.87. The number of amides is 2. The molecule has 0 radical (unpaired) electrons. The highest BCUT2D eigenvalue weighted by Gasteiger charge is 2.31. The van der Waals surface area contributed by atoms with Crippen LogP contribution < -0.4 is 15.4 Å². The van der Waals surface area contributed by atoms with E-state index in [-0.39, 0.29) is 17.9 Å². The fourth-order valence-electron chi connectivity index (χ4n) is 2.68. The summed E-state index contributed by atoms with van der Waals surface area (Å²) in [7, 11) is 0. The standard InChI is InChI=1S/C21H17F3N2O2/c22-21(23,24)28-19-13-7-4-10-16(19)14-25-20(27)26-18-12-6-5-11-17(18)15-8-2-1-3-9-15/h1-13H,14H2,(H2,25,26,27). The van der Waals surface area contributed by atoms with Crippen LogP contribution in [0.2, 0.25) is 0 Å². The van der Waals surface area contributed by atoms with E-state index < -0.39 is 12.4 Å². The SMILES string of the molecule is O=C(NCc1ccccc1OC(F)(F)F)Nc1ccccc1-c1ccccc1. The van der Waals surface area contributed by atoms with Crippen LogP contribution in [0.25, 0.3) is 11.1 Å². The lowest BCUT2D eigenvalue weighted by Crippen LogP contribution is -2.29. The molecule has 0 heterocycles.